The summed E-state index contributed by atoms with van der Waals surface area (Å²) in [7, 11) is 0. The monoisotopic (exact) mass is 237 g/mol. The lowest BCUT2D eigenvalue weighted by Gasteiger charge is -2.10. The summed E-state index contributed by atoms with van der Waals surface area (Å²) in [6, 6.07) is 19.1. The highest BCUT2D eigenvalue weighted by Gasteiger charge is 2.05. The van der Waals surface area contributed by atoms with E-state index in [1.807, 2.05) is 24.4 Å². The number of aryl methyl sites for hydroxylation is 1. The molecule has 0 aromatic heterocycles. The first-order valence-corrected chi connectivity index (χ1v) is 6.44. The molecule has 1 atom stereocenters. The van der Waals surface area contributed by atoms with Crippen LogP contribution < -0.4 is 0 Å². The number of hydrogen-bond donors (Lipinski definition) is 0. The second-order valence-corrected chi connectivity index (χ2v) is 4.52. The Bertz CT molecular complexity index is 497. The van der Waals surface area contributed by atoms with E-state index in [9.17, 15) is 0 Å². The van der Waals surface area contributed by atoms with Gasteiger partial charge in [-0.05, 0) is 24.5 Å². The average molecular weight is 237 g/mol. The van der Waals surface area contributed by atoms with Crippen molar-refractivity contribution < 1.29 is 0 Å². The number of nitrogens with zero attached hydrogens (tertiary/aromatic N) is 1. The molecule has 0 amide bonds. The lowest BCUT2D eigenvalue weighted by atomic mass is 10.0. The second-order valence-electron chi connectivity index (χ2n) is 4.52. The Morgan fingerprint density at radius 3 is 2.28 bits per heavy atom. The molecule has 2 aromatic carbocycles. The van der Waals surface area contributed by atoms with Gasteiger partial charge in [0.2, 0.25) is 0 Å². The average Bonchev–Trinajstić information content (AvgIpc) is 2.42. The largest absolute Gasteiger partial charge is 0.284 e. The van der Waals surface area contributed by atoms with Crippen molar-refractivity contribution in [3.63, 3.8) is 0 Å². The molecule has 0 heterocycles. The molecular weight excluding hydrogens is 218 g/mol. The number of benzene rings is 2. The number of rotatable bonds is 4. The van der Waals surface area contributed by atoms with Gasteiger partial charge in [0.15, 0.2) is 0 Å². The van der Waals surface area contributed by atoms with Crippen LogP contribution in [0.3, 0.4) is 0 Å². The zero-order valence-corrected chi connectivity index (χ0v) is 11.0. The second kappa shape index (κ2) is 6.15. The summed E-state index contributed by atoms with van der Waals surface area (Å²) in [6.07, 6.45) is 2.99. The first kappa shape index (κ1) is 12.6. The van der Waals surface area contributed by atoms with Crippen molar-refractivity contribution in [1.29, 1.82) is 0 Å². The van der Waals surface area contributed by atoms with Gasteiger partial charge in [0, 0.05) is 6.21 Å². The third-order valence-electron chi connectivity index (χ3n) is 3.05. The van der Waals surface area contributed by atoms with Gasteiger partial charge >= 0.3 is 0 Å². The third-order valence-corrected chi connectivity index (χ3v) is 3.05. The molecule has 0 aliphatic rings. The Hall–Kier alpha value is -1.89. The smallest absolute Gasteiger partial charge is 0.0746 e. The highest BCUT2D eigenvalue weighted by atomic mass is 14.8. The molecule has 2 rings (SSSR count). The van der Waals surface area contributed by atoms with Crippen LogP contribution in [-0.2, 0) is 0 Å². The molecule has 1 nitrogen and oxygen atoms in total. The van der Waals surface area contributed by atoms with Crippen LogP contribution in [0.1, 0.15) is 36.1 Å². The van der Waals surface area contributed by atoms with E-state index < -0.39 is 0 Å². The van der Waals surface area contributed by atoms with Crippen molar-refractivity contribution in [3.05, 3.63) is 71.3 Å². The Morgan fingerprint density at radius 1 is 1.00 bits per heavy atom. The summed E-state index contributed by atoms with van der Waals surface area (Å²) in [6.45, 7) is 4.28. The van der Waals surface area contributed by atoms with Crippen molar-refractivity contribution in [3.8, 4) is 0 Å². The van der Waals surface area contributed by atoms with Gasteiger partial charge in [-0.1, -0.05) is 67.1 Å². The molecule has 0 spiro atoms. The van der Waals surface area contributed by atoms with Crippen molar-refractivity contribution in [2.24, 2.45) is 4.99 Å². The highest BCUT2D eigenvalue weighted by molar-refractivity contribution is 5.79. The van der Waals surface area contributed by atoms with Crippen LogP contribution in [0, 0.1) is 6.92 Å². The van der Waals surface area contributed by atoms with Crippen molar-refractivity contribution in [2.75, 3.05) is 0 Å². The molecule has 0 saturated heterocycles. The molecule has 0 fully saturated rings. The molecule has 0 saturated carbocycles. The number of hydrogen-bond acceptors (Lipinski definition) is 1. The molecule has 0 aliphatic heterocycles. The highest BCUT2D eigenvalue weighted by Crippen LogP contribution is 2.21. The predicted octanol–water partition coefficient (Wildman–Crippen LogP) is 4.57. The van der Waals surface area contributed by atoms with Crippen molar-refractivity contribution in [2.45, 2.75) is 26.3 Å². The maximum Gasteiger partial charge on any atom is 0.0746 e. The van der Waals surface area contributed by atoms with E-state index in [1.165, 1.54) is 11.1 Å². The molecule has 0 bridgehead atoms. The van der Waals surface area contributed by atoms with Crippen molar-refractivity contribution in [1.82, 2.24) is 0 Å². The zero-order valence-electron chi connectivity index (χ0n) is 11.0. The van der Waals surface area contributed by atoms with E-state index in [0.717, 1.165) is 12.0 Å². The van der Waals surface area contributed by atoms with E-state index in [2.05, 4.69) is 55.2 Å². The van der Waals surface area contributed by atoms with Gasteiger partial charge in [-0.2, -0.15) is 0 Å². The third kappa shape index (κ3) is 3.30. The Morgan fingerprint density at radius 2 is 1.67 bits per heavy atom. The van der Waals surface area contributed by atoms with Crippen LogP contribution in [0.5, 0.6) is 0 Å². The summed E-state index contributed by atoms with van der Waals surface area (Å²) in [4.78, 5) is 4.69. The lowest BCUT2D eigenvalue weighted by Crippen LogP contribution is -1.95. The first-order chi connectivity index (χ1) is 8.79. The van der Waals surface area contributed by atoms with Gasteiger partial charge in [0.25, 0.3) is 0 Å². The van der Waals surface area contributed by atoms with Crippen molar-refractivity contribution >= 4 is 6.21 Å². The van der Waals surface area contributed by atoms with Crippen LogP contribution in [-0.4, -0.2) is 6.21 Å². The van der Waals surface area contributed by atoms with E-state index in [0.29, 0.717) is 0 Å². The van der Waals surface area contributed by atoms with Crippen LogP contribution in [0.2, 0.25) is 0 Å². The fourth-order valence-corrected chi connectivity index (χ4v) is 1.93. The normalized spacial score (nSPS) is 12.8. The van der Waals surface area contributed by atoms with Gasteiger partial charge in [-0.25, -0.2) is 0 Å². The molecule has 18 heavy (non-hydrogen) atoms. The van der Waals surface area contributed by atoms with E-state index >= 15 is 0 Å². The molecule has 0 aliphatic carbocycles. The van der Waals surface area contributed by atoms with Crippen LogP contribution >= 0.6 is 0 Å². The zero-order chi connectivity index (χ0) is 12.8. The maximum absolute atomic E-state index is 4.69. The molecular formula is C17H19N. The van der Waals surface area contributed by atoms with Gasteiger partial charge in [0.05, 0.1) is 6.04 Å². The molecule has 92 valence electrons. The van der Waals surface area contributed by atoms with Crippen LogP contribution in [0.4, 0.5) is 0 Å². The van der Waals surface area contributed by atoms with Gasteiger partial charge in [-0.15, -0.1) is 0 Å². The quantitative estimate of drug-likeness (QED) is 0.691. The number of aliphatic imine (C=N–C) groups is 1. The summed E-state index contributed by atoms with van der Waals surface area (Å²) in [5.74, 6) is 0. The Labute approximate surface area is 109 Å². The first-order valence-electron chi connectivity index (χ1n) is 6.44. The maximum atomic E-state index is 4.69. The Balaban J connectivity index is 2.15. The fourth-order valence-electron chi connectivity index (χ4n) is 1.93. The topological polar surface area (TPSA) is 12.4 Å². The van der Waals surface area contributed by atoms with E-state index in [4.69, 9.17) is 0 Å². The SMILES string of the molecule is CCC(N=Cc1ccccc1)c1ccc(C)cc1. The predicted molar refractivity (Wildman–Crippen MR) is 78.2 cm³/mol. The Kier molecular flexibility index (Phi) is 4.30. The minimum Gasteiger partial charge on any atom is -0.284 e. The van der Waals surface area contributed by atoms with E-state index in [-0.39, 0.29) is 6.04 Å². The minimum absolute atomic E-state index is 0.255. The standard InChI is InChI=1S/C17H19N/c1-3-17(16-11-9-14(2)10-12-16)18-13-15-7-5-4-6-8-15/h4-13,17H,3H2,1-2H3. The molecule has 0 N–H and O–H groups in total. The van der Waals surface area contributed by atoms with E-state index in [1.54, 1.807) is 0 Å². The molecule has 1 unspecified atom stereocenters. The minimum atomic E-state index is 0.255. The summed E-state index contributed by atoms with van der Waals surface area (Å²) in [5, 5.41) is 0. The van der Waals surface area contributed by atoms with Gasteiger partial charge < -0.3 is 0 Å². The van der Waals surface area contributed by atoms with Crippen LogP contribution in [0.25, 0.3) is 0 Å². The molecule has 0 radical (unpaired) electrons. The summed E-state index contributed by atoms with van der Waals surface area (Å²) in [5.41, 5.74) is 3.74. The fraction of sp³-hybridized carbons (Fsp3) is 0.235. The van der Waals surface area contributed by atoms with Crippen LogP contribution in [0.15, 0.2) is 59.6 Å². The summed E-state index contributed by atoms with van der Waals surface area (Å²) < 4.78 is 0. The van der Waals surface area contributed by atoms with Gasteiger partial charge in [0.1, 0.15) is 0 Å². The molecule has 1 heteroatoms. The molecule has 2 aromatic rings. The summed E-state index contributed by atoms with van der Waals surface area (Å²) >= 11 is 0. The van der Waals surface area contributed by atoms with Gasteiger partial charge in [-0.3, -0.25) is 4.99 Å². The lowest BCUT2D eigenvalue weighted by molar-refractivity contribution is 0.704.